The lowest BCUT2D eigenvalue weighted by atomic mass is 9.76. The third-order valence-electron chi connectivity index (χ3n) is 5.23. The summed E-state index contributed by atoms with van der Waals surface area (Å²) in [6.07, 6.45) is 3.21. The number of nitrogens with one attached hydrogen (secondary N) is 1. The molecule has 6 nitrogen and oxygen atoms in total. The second kappa shape index (κ2) is 7.40. The molecule has 1 N–H and O–H groups in total. The van der Waals surface area contributed by atoms with Crippen LogP contribution in [0.2, 0.25) is 0 Å². The second-order valence-electron chi connectivity index (χ2n) is 7.60. The fourth-order valence-corrected chi connectivity index (χ4v) is 3.73. The van der Waals surface area contributed by atoms with Crippen LogP contribution in [0.3, 0.4) is 0 Å². The lowest BCUT2D eigenvalue weighted by molar-refractivity contribution is 0.0948. The first-order valence-electron chi connectivity index (χ1n) is 9.21. The molecule has 26 heavy (non-hydrogen) atoms. The normalized spacial score (nSPS) is 22.1. The second-order valence-corrected chi connectivity index (χ2v) is 7.60. The molecule has 0 aliphatic heterocycles. The Labute approximate surface area is 153 Å². The molecule has 1 aromatic heterocycles. The largest absolute Gasteiger partial charge is 0.292 e. The number of aromatic nitrogens is 2. The molecule has 138 valence electrons. The molecule has 3 rings (SSSR count). The van der Waals surface area contributed by atoms with E-state index in [-0.39, 0.29) is 17.2 Å². The van der Waals surface area contributed by atoms with Crippen molar-refractivity contribution in [1.29, 1.82) is 0 Å². The molecule has 1 aliphatic rings. The van der Waals surface area contributed by atoms with E-state index < -0.39 is 0 Å². The number of benzene rings is 1. The number of carbonyl (C=O) groups excluding carboxylic acids is 1. The topological polar surface area (TPSA) is 76.3 Å². The minimum absolute atomic E-state index is 0.218. The van der Waals surface area contributed by atoms with Crippen molar-refractivity contribution in [3.63, 3.8) is 0 Å². The molecule has 1 aromatic carbocycles. The minimum atomic E-state index is -0.384. The van der Waals surface area contributed by atoms with E-state index >= 15 is 0 Å². The van der Waals surface area contributed by atoms with Crippen LogP contribution in [0.1, 0.15) is 50.5 Å². The summed E-state index contributed by atoms with van der Waals surface area (Å²) in [6.45, 7) is 6.61. The van der Waals surface area contributed by atoms with Crippen LogP contribution in [-0.2, 0) is 7.05 Å². The van der Waals surface area contributed by atoms with E-state index in [0.717, 1.165) is 18.6 Å². The number of amides is 1. The molecule has 1 fully saturated rings. The van der Waals surface area contributed by atoms with Gasteiger partial charge in [0.2, 0.25) is 0 Å². The Morgan fingerprint density at radius 3 is 2.65 bits per heavy atom. The van der Waals surface area contributed by atoms with Gasteiger partial charge in [-0.2, -0.15) is 10.2 Å². The Balaban J connectivity index is 1.92. The maximum Gasteiger partial charge on any atom is 0.292 e. The van der Waals surface area contributed by atoms with E-state index in [1.165, 1.54) is 11.1 Å². The van der Waals surface area contributed by atoms with Gasteiger partial charge in [0, 0.05) is 24.1 Å². The van der Waals surface area contributed by atoms with Gasteiger partial charge in [-0.25, -0.2) is 10.1 Å². The van der Waals surface area contributed by atoms with Gasteiger partial charge in [0.15, 0.2) is 5.69 Å². The summed E-state index contributed by atoms with van der Waals surface area (Å²) in [7, 11) is 1.55. The molecule has 1 aliphatic carbocycles. The van der Waals surface area contributed by atoms with Gasteiger partial charge in [-0.15, -0.1) is 0 Å². The number of aryl methyl sites for hydroxylation is 1. The van der Waals surface area contributed by atoms with E-state index in [1.54, 1.807) is 31.3 Å². The minimum Gasteiger partial charge on any atom is -0.267 e. The summed E-state index contributed by atoms with van der Waals surface area (Å²) in [5, 5.41) is 9.65. The number of hydrazone groups is 1. The van der Waals surface area contributed by atoms with Crippen LogP contribution in [0.4, 0.5) is 0 Å². The van der Waals surface area contributed by atoms with Gasteiger partial charge in [0.1, 0.15) is 0 Å². The molecule has 0 saturated heterocycles. The Morgan fingerprint density at radius 1 is 1.27 bits per heavy atom. The maximum absolute atomic E-state index is 12.7. The Hall–Kier alpha value is -2.50. The van der Waals surface area contributed by atoms with Gasteiger partial charge in [-0.3, -0.25) is 9.59 Å². The van der Waals surface area contributed by atoms with E-state index in [1.807, 2.05) is 0 Å². The van der Waals surface area contributed by atoms with Crippen LogP contribution in [0, 0.1) is 17.8 Å². The van der Waals surface area contributed by atoms with Crippen LogP contribution in [0.5, 0.6) is 0 Å². The first-order chi connectivity index (χ1) is 12.4. The van der Waals surface area contributed by atoms with E-state index in [4.69, 9.17) is 0 Å². The van der Waals surface area contributed by atoms with Crippen LogP contribution < -0.4 is 11.0 Å². The molecule has 1 heterocycles. The van der Waals surface area contributed by atoms with Gasteiger partial charge in [0.05, 0.1) is 5.39 Å². The first-order valence-corrected chi connectivity index (χ1v) is 9.21. The molecule has 0 radical (unpaired) electrons. The zero-order valence-corrected chi connectivity index (χ0v) is 15.8. The summed E-state index contributed by atoms with van der Waals surface area (Å²) in [5.74, 6) is 1.09. The Bertz CT molecular complexity index is 914. The first kappa shape index (κ1) is 18.3. The smallest absolute Gasteiger partial charge is 0.267 e. The van der Waals surface area contributed by atoms with Crippen molar-refractivity contribution in [3.05, 3.63) is 40.3 Å². The highest BCUT2D eigenvalue weighted by molar-refractivity contribution is 6.05. The molecule has 0 spiro atoms. The molecule has 1 amide bonds. The third kappa shape index (κ3) is 3.54. The lowest BCUT2D eigenvalue weighted by Crippen LogP contribution is -2.32. The van der Waals surface area contributed by atoms with Gasteiger partial charge in [-0.1, -0.05) is 39.0 Å². The quantitative estimate of drug-likeness (QED) is 0.861. The highest BCUT2D eigenvalue weighted by Gasteiger charge is 2.27. The number of hydrogen-bond acceptors (Lipinski definition) is 4. The fourth-order valence-electron chi connectivity index (χ4n) is 3.73. The van der Waals surface area contributed by atoms with Crippen LogP contribution in [-0.4, -0.2) is 21.4 Å². The van der Waals surface area contributed by atoms with Crippen LogP contribution >= 0.6 is 0 Å². The molecule has 2 atom stereocenters. The zero-order chi connectivity index (χ0) is 18.8. The van der Waals surface area contributed by atoms with Gasteiger partial charge in [-0.05, 0) is 37.2 Å². The average molecular weight is 354 g/mol. The maximum atomic E-state index is 12.7. The zero-order valence-electron chi connectivity index (χ0n) is 15.8. The standard InChI is InChI=1S/C20H26N4O2/c1-12(2)14-10-9-13(3)11-17(14)21-22-19(25)18-15-7-5-6-8-16(15)20(26)24(4)23-18/h5-8,12-14H,9-11H2,1-4H3,(H,22,25)/b21-17-/t13-,14+/m0/s1. The average Bonchev–Trinajstić information content (AvgIpc) is 2.62. The summed E-state index contributed by atoms with van der Waals surface area (Å²) < 4.78 is 1.20. The number of rotatable bonds is 3. The number of hydrogen-bond donors (Lipinski definition) is 1. The van der Waals surface area contributed by atoms with Crippen molar-refractivity contribution >= 4 is 22.4 Å². The number of fused-ring (bicyclic) bond motifs is 1. The van der Waals surface area contributed by atoms with E-state index in [9.17, 15) is 9.59 Å². The molecule has 1 saturated carbocycles. The van der Waals surface area contributed by atoms with E-state index in [0.29, 0.717) is 28.5 Å². The molecule has 0 bridgehead atoms. The summed E-state index contributed by atoms with van der Waals surface area (Å²) in [5.41, 5.74) is 3.74. The van der Waals surface area contributed by atoms with Crippen LogP contribution in [0.25, 0.3) is 10.8 Å². The van der Waals surface area contributed by atoms with E-state index in [2.05, 4.69) is 36.4 Å². The van der Waals surface area contributed by atoms with Crippen molar-refractivity contribution in [2.45, 2.75) is 40.0 Å². The number of carbonyl (C=O) groups is 1. The Kier molecular flexibility index (Phi) is 5.20. The predicted octanol–water partition coefficient (Wildman–Crippen LogP) is 3.11. The van der Waals surface area contributed by atoms with Gasteiger partial charge >= 0.3 is 0 Å². The lowest BCUT2D eigenvalue weighted by Gasteiger charge is -2.30. The molecule has 6 heteroatoms. The van der Waals surface area contributed by atoms with Crippen molar-refractivity contribution in [3.8, 4) is 0 Å². The predicted molar refractivity (Wildman–Crippen MR) is 103 cm³/mol. The van der Waals surface area contributed by atoms with Gasteiger partial charge < -0.3 is 0 Å². The molecule has 2 aromatic rings. The molecule has 0 unspecified atom stereocenters. The van der Waals surface area contributed by atoms with Crippen molar-refractivity contribution in [2.75, 3.05) is 0 Å². The summed E-state index contributed by atoms with van der Waals surface area (Å²) >= 11 is 0. The number of nitrogens with zero attached hydrogens (tertiary/aromatic N) is 3. The van der Waals surface area contributed by atoms with Crippen molar-refractivity contribution in [1.82, 2.24) is 15.2 Å². The summed E-state index contributed by atoms with van der Waals surface area (Å²) in [4.78, 5) is 24.9. The van der Waals surface area contributed by atoms with Crippen LogP contribution in [0.15, 0.2) is 34.2 Å². The van der Waals surface area contributed by atoms with Gasteiger partial charge in [0.25, 0.3) is 11.5 Å². The summed E-state index contributed by atoms with van der Waals surface area (Å²) in [6, 6.07) is 7.02. The monoisotopic (exact) mass is 354 g/mol. The van der Waals surface area contributed by atoms with Crippen molar-refractivity contribution in [2.24, 2.45) is 29.9 Å². The molecular formula is C20H26N4O2. The highest BCUT2D eigenvalue weighted by atomic mass is 16.2. The van der Waals surface area contributed by atoms with Crippen molar-refractivity contribution < 1.29 is 4.79 Å². The molecular weight excluding hydrogens is 328 g/mol. The SMILES string of the molecule is CC(C)[C@H]1CC[C@H](C)C/C1=N/NC(=O)c1nn(C)c(=O)c2ccccc12. The Morgan fingerprint density at radius 2 is 1.96 bits per heavy atom. The highest BCUT2D eigenvalue weighted by Crippen LogP contribution is 2.31. The fraction of sp³-hybridized carbons (Fsp3) is 0.500. The third-order valence-corrected chi connectivity index (χ3v) is 5.23.